The van der Waals surface area contributed by atoms with E-state index in [0.717, 1.165) is 0 Å². The van der Waals surface area contributed by atoms with Gasteiger partial charge >= 0.3 is 0 Å². The molecule has 15 heavy (non-hydrogen) atoms. The Balaban J connectivity index is 2.70. The molecule has 0 bridgehead atoms. The second-order valence-corrected chi connectivity index (χ2v) is 4.96. The third-order valence-electron chi connectivity index (χ3n) is 3.37. The van der Waals surface area contributed by atoms with Crippen LogP contribution in [-0.2, 0) is 0 Å². The molecule has 0 nitrogen and oxygen atoms in total. The maximum absolute atomic E-state index is 4.11. The fourth-order valence-corrected chi connectivity index (χ4v) is 2.06. The average Bonchev–Trinajstić information content (AvgIpc) is 2.16. The van der Waals surface area contributed by atoms with Gasteiger partial charge in [0.1, 0.15) is 0 Å². The SMILES string of the molecule is C=C(C)[C@H]1CC=C(C)CCC=C(C)CC1. The molecule has 0 fully saturated rings. The molecule has 0 N–H and O–H groups in total. The van der Waals surface area contributed by atoms with Crippen molar-refractivity contribution in [1.29, 1.82) is 0 Å². The Morgan fingerprint density at radius 3 is 2.53 bits per heavy atom. The summed E-state index contributed by atoms with van der Waals surface area (Å²) < 4.78 is 0. The van der Waals surface area contributed by atoms with E-state index >= 15 is 0 Å². The third-order valence-corrected chi connectivity index (χ3v) is 3.37. The Morgan fingerprint density at radius 2 is 1.87 bits per heavy atom. The van der Waals surface area contributed by atoms with E-state index in [1.165, 1.54) is 43.3 Å². The van der Waals surface area contributed by atoms with Crippen molar-refractivity contribution in [3.05, 3.63) is 35.5 Å². The second-order valence-electron chi connectivity index (χ2n) is 4.96. The van der Waals surface area contributed by atoms with Crippen molar-refractivity contribution in [2.24, 2.45) is 5.92 Å². The molecule has 0 aliphatic heterocycles. The normalized spacial score (nSPS) is 24.1. The largest absolute Gasteiger partial charge is 0.0998 e. The topological polar surface area (TPSA) is 0 Å². The Morgan fingerprint density at radius 1 is 1.20 bits per heavy atom. The Kier molecular flexibility index (Phi) is 4.87. The van der Waals surface area contributed by atoms with Crippen LogP contribution in [0.1, 0.15) is 52.9 Å². The second kappa shape index (κ2) is 5.95. The molecule has 0 aromatic heterocycles. The molecule has 0 heterocycles. The van der Waals surface area contributed by atoms with Crippen LogP contribution in [0.4, 0.5) is 0 Å². The van der Waals surface area contributed by atoms with Crippen LogP contribution in [0, 0.1) is 5.92 Å². The lowest BCUT2D eigenvalue weighted by atomic mass is 9.89. The number of hydrogen-bond donors (Lipinski definition) is 0. The van der Waals surface area contributed by atoms with Gasteiger partial charge in [-0.15, -0.1) is 0 Å². The van der Waals surface area contributed by atoms with E-state index in [1.807, 2.05) is 0 Å². The molecule has 0 spiro atoms. The number of hydrogen-bond acceptors (Lipinski definition) is 0. The van der Waals surface area contributed by atoms with Crippen LogP contribution >= 0.6 is 0 Å². The van der Waals surface area contributed by atoms with E-state index in [4.69, 9.17) is 0 Å². The molecule has 1 rings (SSSR count). The summed E-state index contributed by atoms with van der Waals surface area (Å²) in [6, 6.07) is 0. The van der Waals surface area contributed by atoms with Crippen molar-refractivity contribution in [3.8, 4) is 0 Å². The number of rotatable bonds is 1. The molecule has 0 saturated carbocycles. The monoisotopic (exact) mass is 204 g/mol. The first-order valence-corrected chi connectivity index (χ1v) is 6.06. The van der Waals surface area contributed by atoms with Gasteiger partial charge in [0.2, 0.25) is 0 Å². The molecule has 0 amide bonds. The Hall–Kier alpha value is -0.780. The summed E-state index contributed by atoms with van der Waals surface area (Å²) in [4.78, 5) is 0. The van der Waals surface area contributed by atoms with Crippen LogP contribution in [-0.4, -0.2) is 0 Å². The zero-order chi connectivity index (χ0) is 11.3. The van der Waals surface area contributed by atoms with Crippen molar-refractivity contribution in [2.75, 3.05) is 0 Å². The summed E-state index contributed by atoms with van der Waals surface area (Å²) in [5.41, 5.74) is 4.43. The molecular weight excluding hydrogens is 180 g/mol. The van der Waals surface area contributed by atoms with Crippen LogP contribution in [0.2, 0.25) is 0 Å². The van der Waals surface area contributed by atoms with E-state index < -0.39 is 0 Å². The Bertz CT molecular complexity index is 278. The molecule has 0 heteroatoms. The summed E-state index contributed by atoms with van der Waals surface area (Å²) in [5.74, 6) is 0.682. The van der Waals surface area contributed by atoms with Crippen molar-refractivity contribution in [3.63, 3.8) is 0 Å². The van der Waals surface area contributed by atoms with Gasteiger partial charge < -0.3 is 0 Å². The van der Waals surface area contributed by atoms with E-state index in [9.17, 15) is 0 Å². The van der Waals surface area contributed by atoms with Crippen LogP contribution in [0.5, 0.6) is 0 Å². The fraction of sp³-hybridized carbons (Fsp3) is 0.600. The van der Waals surface area contributed by atoms with Gasteiger partial charge in [-0.3, -0.25) is 0 Å². The first-order valence-electron chi connectivity index (χ1n) is 6.06. The minimum atomic E-state index is 0.682. The van der Waals surface area contributed by atoms with Gasteiger partial charge in [0.15, 0.2) is 0 Å². The van der Waals surface area contributed by atoms with Gasteiger partial charge in [-0.05, 0) is 58.8 Å². The van der Waals surface area contributed by atoms with Gasteiger partial charge in [-0.2, -0.15) is 0 Å². The summed E-state index contributed by atoms with van der Waals surface area (Å²) in [5, 5.41) is 0. The molecule has 1 aliphatic rings. The highest BCUT2D eigenvalue weighted by molar-refractivity contribution is 5.09. The first kappa shape index (κ1) is 12.3. The van der Waals surface area contributed by atoms with E-state index in [2.05, 4.69) is 39.5 Å². The predicted molar refractivity (Wildman–Crippen MR) is 68.9 cm³/mol. The molecule has 84 valence electrons. The van der Waals surface area contributed by atoms with Crippen LogP contribution in [0.3, 0.4) is 0 Å². The molecule has 0 unspecified atom stereocenters. The summed E-state index contributed by atoms with van der Waals surface area (Å²) >= 11 is 0. The summed E-state index contributed by atoms with van der Waals surface area (Å²) in [6.45, 7) is 10.8. The van der Waals surface area contributed by atoms with Crippen molar-refractivity contribution < 1.29 is 0 Å². The number of allylic oxidation sites excluding steroid dienone is 5. The zero-order valence-electron chi connectivity index (χ0n) is 10.5. The van der Waals surface area contributed by atoms with Gasteiger partial charge in [-0.1, -0.05) is 35.5 Å². The van der Waals surface area contributed by atoms with Gasteiger partial charge in [0, 0.05) is 0 Å². The van der Waals surface area contributed by atoms with Gasteiger partial charge in [-0.25, -0.2) is 0 Å². The molecule has 1 aliphatic carbocycles. The van der Waals surface area contributed by atoms with Crippen molar-refractivity contribution >= 4 is 0 Å². The van der Waals surface area contributed by atoms with E-state index in [-0.39, 0.29) is 0 Å². The highest BCUT2D eigenvalue weighted by Gasteiger charge is 2.09. The quantitative estimate of drug-likeness (QED) is 0.525. The third kappa shape index (κ3) is 4.51. The first-order chi connectivity index (χ1) is 7.09. The van der Waals surface area contributed by atoms with Crippen molar-refractivity contribution in [2.45, 2.75) is 52.9 Å². The molecule has 0 aromatic carbocycles. The van der Waals surface area contributed by atoms with Gasteiger partial charge in [0.05, 0.1) is 0 Å². The minimum absolute atomic E-state index is 0.682. The van der Waals surface area contributed by atoms with Gasteiger partial charge in [0.25, 0.3) is 0 Å². The standard InChI is InChI=1S/C15H24/c1-12(2)15-10-8-13(3)6-5-7-14(4)9-11-15/h6,9,15H,1,5,7-8,10-11H2,2-4H3/t15-/m1/s1. The van der Waals surface area contributed by atoms with E-state index in [1.54, 1.807) is 5.57 Å². The van der Waals surface area contributed by atoms with Crippen LogP contribution in [0.25, 0.3) is 0 Å². The lowest BCUT2D eigenvalue weighted by Gasteiger charge is -2.17. The van der Waals surface area contributed by atoms with Crippen LogP contribution < -0.4 is 0 Å². The smallest absolute Gasteiger partial charge is 0.0171 e. The zero-order valence-corrected chi connectivity index (χ0v) is 10.5. The highest BCUT2D eigenvalue weighted by atomic mass is 14.1. The molecule has 1 atom stereocenters. The molecule has 0 aromatic rings. The lowest BCUT2D eigenvalue weighted by Crippen LogP contribution is -2.02. The predicted octanol–water partition coefficient (Wildman–Crippen LogP) is 5.04. The molecule has 0 saturated heterocycles. The minimum Gasteiger partial charge on any atom is -0.0998 e. The summed E-state index contributed by atoms with van der Waals surface area (Å²) in [6.07, 6.45) is 10.9. The Labute approximate surface area is 94.8 Å². The maximum atomic E-state index is 4.11. The lowest BCUT2D eigenvalue weighted by molar-refractivity contribution is 0.562. The fourth-order valence-electron chi connectivity index (χ4n) is 2.06. The maximum Gasteiger partial charge on any atom is -0.0171 e. The van der Waals surface area contributed by atoms with E-state index in [0.29, 0.717) is 5.92 Å². The van der Waals surface area contributed by atoms with Crippen LogP contribution in [0.15, 0.2) is 35.5 Å². The average molecular weight is 204 g/mol. The molecular formula is C15H24. The summed E-state index contributed by atoms with van der Waals surface area (Å²) in [7, 11) is 0. The highest BCUT2D eigenvalue weighted by Crippen LogP contribution is 2.25. The van der Waals surface area contributed by atoms with Crippen molar-refractivity contribution in [1.82, 2.24) is 0 Å². The molecule has 0 radical (unpaired) electrons.